The maximum absolute atomic E-state index is 12.3. The number of carbonyl (C=O) groups is 2. The Bertz CT molecular complexity index is 1220. The number of rotatable bonds is 11. The topological polar surface area (TPSA) is 104 Å². The molecule has 0 spiro atoms. The Labute approximate surface area is 197 Å². The molecule has 0 unspecified atom stereocenters. The van der Waals surface area contributed by atoms with E-state index in [4.69, 9.17) is 18.6 Å². The Morgan fingerprint density at radius 2 is 1.82 bits per heavy atom. The van der Waals surface area contributed by atoms with Crippen molar-refractivity contribution < 1.29 is 28.2 Å². The van der Waals surface area contributed by atoms with E-state index in [1.807, 2.05) is 32.0 Å². The van der Waals surface area contributed by atoms with E-state index in [9.17, 15) is 14.4 Å². The normalized spacial score (nSPS) is 10.8. The molecule has 0 bridgehead atoms. The number of ether oxygens (including phenoxy) is 3. The van der Waals surface area contributed by atoms with Gasteiger partial charge in [0.1, 0.15) is 22.6 Å². The van der Waals surface area contributed by atoms with Gasteiger partial charge in [0.25, 0.3) is 5.91 Å². The number of hydrogen-bond acceptors (Lipinski definition) is 7. The van der Waals surface area contributed by atoms with Crippen molar-refractivity contribution in [3.8, 4) is 11.5 Å². The molecule has 0 aliphatic rings. The van der Waals surface area contributed by atoms with Crippen LogP contribution in [-0.4, -0.2) is 38.7 Å². The number of benzene rings is 2. The first-order chi connectivity index (χ1) is 16.4. The van der Waals surface area contributed by atoms with Crippen molar-refractivity contribution in [1.29, 1.82) is 0 Å². The van der Waals surface area contributed by atoms with Crippen LogP contribution >= 0.6 is 0 Å². The lowest BCUT2D eigenvalue weighted by Crippen LogP contribution is -2.29. The van der Waals surface area contributed by atoms with E-state index in [-0.39, 0.29) is 23.3 Å². The van der Waals surface area contributed by atoms with Gasteiger partial charge in [-0.1, -0.05) is 17.7 Å². The lowest BCUT2D eigenvalue weighted by atomic mass is 10.1. The number of nitrogens with one attached hydrogen (secondary N) is 1. The Morgan fingerprint density at radius 3 is 2.59 bits per heavy atom. The smallest absolute Gasteiger partial charge is 0.349 e. The molecule has 1 amide bonds. The van der Waals surface area contributed by atoms with Gasteiger partial charge < -0.3 is 23.9 Å². The number of amides is 1. The Hall–Kier alpha value is -3.65. The van der Waals surface area contributed by atoms with Crippen molar-refractivity contribution in [3.05, 3.63) is 69.6 Å². The molecule has 0 radical (unpaired) electrons. The van der Waals surface area contributed by atoms with Crippen molar-refractivity contribution in [2.24, 2.45) is 0 Å². The maximum atomic E-state index is 12.3. The van der Waals surface area contributed by atoms with Crippen LogP contribution in [0.25, 0.3) is 11.0 Å². The van der Waals surface area contributed by atoms with E-state index in [0.29, 0.717) is 38.0 Å². The Morgan fingerprint density at radius 1 is 1.00 bits per heavy atom. The van der Waals surface area contributed by atoms with Crippen LogP contribution in [0.2, 0.25) is 0 Å². The van der Waals surface area contributed by atoms with Gasteiger partial charge in [-0.3, -0.25) is 9.59 Å². The maximum Gasteiger partial charge on any atom is 0.349 e. The molecule has 8 nitrogen and oxygen atoms in total. The average Bonchev–Trinajstić information content (AvgIpc) is 2.80. The number of fused-ring (bicyclic) bond motifs is 1. The van der Waals surface area contributed by atoms with E-state index in [1.54, 1.807) is 19.2 Å². The first-order valence-corrected chi connectivity index (χ1v) is 11.1. The number of carbonyl (C=O) groups excluding carboxylic acids is 2. The second-order valence-corrected chi connectivity index (χ2v) is 7.94. The molecule has 34 heavy (non-hydrogen) atoms. The van der Waals surface area contributed by atoms with Crippen LogP contribution in [0.15, 0.2) is 51.7 Å². The minimum Gasteiger partial charge on any atom is -0.493 e. The third-order valence-electron chi connectivity index (χ3n) is 5.11. The lowest BCUT2D eigenvalue weighted by molar-refractivity contribution is -0.134. The molecule has 3 rings (SSSR count). The monoisotopic (exact) mass is 467 g/mol. The summed E-state index contributed by atoms with van der Waals surface area (Å²) >= 11 is 0. The van der Waals surface area contributed by atoms with Crippen LogP contribution in [-0.2, 0) is 9.53 Å². The van der Waals surface area contributed by atoms with Gasteiger partial charge in [0, 0.05) is 38.1 Å². The van der Waals surface area contributed by atoms with Crippen LogP contribution < -0.4 is 20.4 Å². The zero-order valence-corrected chi connectivity index (χ0v) is 19.6. The zero-order chi connectivity index (χ0) is 24.5. The molecular weight excluding hydrogens is 438 g/mol. The van der Waals surface area contributed by atoms with Crippen LogP contribution in [0.3, 0.4) is 0 Å². The van der Waals surface area contributed by atoms with E-state index in [0.717, 1.165) is 16.9 Å². The summed E-state index contributed by atoms with van der Waals surface area (Å²) in [6.07, 6.45) is 1.31. The van der Waals surface area contributed by atoms with Gasteiger partial charge in [-0.05, 0) is 56.5 Å². The number of aryl methyl sites for hydroxylation is 2. The van der Waals surface area contributed by atoms with Gasteiger partial charge in [0.2, 0.25) is 0 Å². The summed E-state index contributed by atoms with van der Waals surface area (Å²) < 4.78 is 21.3. The minimum atomic E-state index is -0.760. The molecule has 0 atom stereocenters. The molecule has 3 aromatic rings. The molecule has 8 heteroatoms. The molecule has 0 aliphatic carbocycles. The quantitative estimate of drug-likeness (QED) is 0.197. The highest BCUT2D eigenvalue weighted by atomic mass is 16.5. The summed E-state index contributed by atoms with van der Waals surface area (Å²) in [5.74, 6) is 0.127. The molecule has 1 heterocycles. The molecular formula is C26H29NO7. The van der Waals surface area contributed by atoms with Crippen LogP contribution in [0.4, 0.5) is 0 Å². The van der Waals surface area contributed by atoms with Gasteiger partial charge in [-0.25, -0.2) is 4.79 Å². The van der Waals surface area contributed by atoms with Gasteiger partial charge in [-0.2, -0.15) is 0 Å². The standard InChI is InChI=1S/C26H29NO7/c1-17-7-10-22(18(2)14-17)32-13-4-6-24(28)33-20-9-8-19-15-21(26(30)34-23(19)16-20)25(29)27-11-5-12-31-3/h7-10,14-16H,4-6,11-13H2,1-3H3,(H,27,29). The van der Waals surface area contributed by atoms with E-state index < -0.39 is 17.5 Å². The lowest BCUT2D eigenvalue weighted by Gasteiger charge is -2.10. The number of methoxy groups -OCH3 is 1. The highest BCUT2D eigenvalue weighted by Gasteiger charge is 2.14. The van der Waals surface area contributed by atoms with Gasteiger partial charge in [0.05, 0.1) is 6.61 Å². The predicted octanol–water partition coefficient (Wildman–Crippen LogP) is 3.94. The zero-order valence-electron chi connectivity index (χ0n) is 19.6. The molecule has 0 saturated carbocycles. The summed E-state index contributed by atoms with van der Waals surface area (Å²) in [4.78, 5) is 36.7. The van der Waals surface area contributed by atoms with Gasteiger partial charge >= 0.3 is 11.6 Å². The molecule has 1 aromatic heterocycles. The minimum absolute atomic E-state index is 0.0847. The largest absolute Gasteiger partial charge is 0.493 e. The predicted molar refractivity (Wildman–Crippen MR) is 128 cm³/mol. The molecule has 0 saturated heterocycles. The molecule has 2 aromatic carbocycles. The fraction of sp³-hybridized carbons (Fsp3) is 0.346. The summed E-state index contributed by atoms with van der Waals surface area (Å²) in [5.41, 5.74) is 1.59. The summed E-state index contributed by atoms with van der Waals surface area (Å²) in [6, 6.07) is 12.1. The first kappa shape index (κ1) is 25.0. The SMILES string of the molecule is COCCCNC(=O)c1cc2ccc(OC(=O)CCCOc3ccc(C)cc3C)cc2oc1=O. The van der Waals surface area contributed by atoms with Crippen molar-refractivity contribution >= 4 is 22.8 Å². The fourth-order valence-electron chi connectivity index (χ4n) is 3.37. The fourth-order valence-corrected chi connectivity index (χ4v) is 3.37. The molecule has 1 N–H and O–H groups in total. The van der Waals surface area contributed by atoms with E-state index in [2.05, 4.69) is 5.32 Å². The van der Waals surface area contributed by atoms with Crippen LogP contribution in [0.5, 0.6) is 11.5 Å². The van der Waals surface area contributed by atoms with E-state index >= 15 is 0 Å². The summed E-state index contributed by atoms with van der Waals surface area (Å²) in [7, 11) is 1.58. The molecule has 0 fully saturated rings. The second-order valence-electron chi connectivity index (χ2n) is 7.94. The highest BCUT2D eigenvalue weighted by Crippen LogP contribution is 2.22. The first-order valence-electron chi connectivity index (χ1n) is 11.1. The molecule has 180 valence electrons. The van der Waals surface area contributed by atoms with Gasteiger partial charge in [0.15, 0.2) is 0 Å². The highest BCUT2D eigenvalue weighted by molar-refractivity contribution is 5.96. The Kier molecular flexibility index (Phi) is 8.81. The summed E-state index contributed by atoms with van der Waals surface area (Å²) in [5, 5.41) is 3.20. The third-order valence-corrected chi connectivity index (χ3v) is 5.11. The third kappa shape index (κ3) is 6.92. The number of esters is 1. The van der Waals surface area contributed by atoms with E-state index in [1.165, 1.54) is 12.1 Å². The van der Waals surface area contributed by atoms with Crippen LogP contribution in [0.1, 0.15) is 40.7 Å². The average molecular weight is 468 g/mol. The van der Waals surface area contributed by atoms with Gasteiger partial charge in [-0.15, -0.1) is 0 Å². The second kappa shape index (κ2) is 12.0. The van der Waals surface area contributed by atoms with Crippen molar-refractivity contribution in [2.45, 2.75) is 33.1 Å². The Balaban J connectivity index is 1.54. The van der Waals surface area contributed by atoms with Crippen molar-refractivity contribution in [3.63, 3.8) is 0 Å². The molecule has 0 aliphatic heterocycles. The van der Waals surface area contributed by atoms with Crippen molar-refractivity contribution in [1.82, 2.24) is 5.32 Å². The number of hydrogen-bond donors (Lipinski definition) is 1. The van der Waals surface area contributed by atoms with Crippen molar-refractivity contribution in [2.75, 3.05) is 26.9 Å². The summed E-state index contributed by atoms with van der Waals surface area (Å²) in [6.45, 7) is 5.28. The van der Waals surface area contributed by atoms with Crippen LogP contribution in [0, 0.1) is 13.8 Å².